The zero-order valence-electron chi connectivity index (χ0n) is 16.7. The van der Waals surface area contributed by atoms with Crippen molar-refractivity contribution in [2.45, 2.75) is 44.7 Å². The third kappa shape index (κ3) is 6.19. The second-order valence-electron chi connectivity index (χ2n) is 7.87. The van der Waals surface area contributed by atoms with Crippen molar-refractivity contribution in [3.63, 3.8) is 0 Å². The summed E-state index contributed by atoms with van der Waals surface area (Å²) in [6.45, 7) is 4.61. The fourth-order valence-corrected chi connectivity index (χ4v) is 4.20. The first-order valence-electron chi connectivity index (χ1n) is 10.1. The number of hydrogen-bond donors (Lipinski definition) is 1. The molecule has 1 amide bonds. The Bertz CT molecular complexity index is 656. The molecule has 7 heteroatoms. The lowest BCUT2D eigenvalue weighted by atomic mass is 10.0. The molecule has 2 fully saturated rings. The summed E-state index contributed by atoms with van der Waals surface area (Å²) in [6.07, 6.45) is 5.40. The number of carboxylic acids is 1. The van der Waals surface area contributed by atoms with E-state index in [1.807, 2.05) is 35.0 Å². The minimum absolute atomic E-state index is 0. The van der Waals surface area contributed by atoms with Crippen LogP contribution in [0.15, 0.2) is 24.3 Å². The third-order valence-electron chi connectivity index (χ3n) is 5.79. The topological polar surface area (TPSA) is 64.1 Å². The minimum atomic E-state index is -0.768. The van der Waals surface area contributed by atoms with Crippen molar-refractivity contribution in [2.24, 2.45) is 0 Å². The second kappa shape index (κ2) is 10.8. The molecule has 2 aliphatic heterocycles. The van der Waals surface area contributed by atoms with Gasteiger partial charge in [-0.2, -0.15) is 0 Å². The van der Waals surface area contributed by atoms with E-state index in [2.05, 4.69) is 11.0 Å². The summed E-state index contributed by atoms with van der Waals surface area (Å²) in [5, 5.41) is 8.94. The Morgan fingerprint density at radius 3 is 2.43 bits per heavy atom. The van der Waals surface area contributed by atoms with Crippen molar-refractivity contribution >= 4 is 24.3 Å². The number of carboxylic acid groups (broad SMARTS) is 1. The fourth-order valence-electron chi connectivity index (χ4n) is 4.20. The SMILES string of the molecule is CN(CC(=O)O)C1CCN(Cc2cccc(C(=O)N3CCCCC3)c2)CC1.Cl. The van der Waals surface area contributed by atoms with Gasteiger partial charge in [-0.05, 0) is 69.9 Å². The monoisotopic (exact) mass is 409 g/mol. The smallest absolute Gasteiger partial charge is 0.317 e. The maximum Gasteiger partial charge on any atom is 0.317 e. The molecule has 0 spiro atoms. The van der Waals surface area contributed by atoms with Crippen molar-refractivity contribution in [1.29, 1.82) is 0 Å². The largest absolute Gasteiger partial charge is 0.480 e. The highest BCUT2D eigenvalue weighted by Gasteiger charge is 2.24. The van der Waals surface area contributed by atoms with Crippen LogP contribution in [0.25, 0.3) is 0 Å². The summed E-state index contributed by atoms with van der Waals surface area (Å²) in [5.41, 5.74) is 1.97. The maximum absolute atomic E-state index is 12.7. The van der Waals surface area contributed by atoms with Crippen molar-refractivity contribution in [2.75, 3.05) is 39.8 Å². The Morgan fingerprint density at radius 1 is 1.11 bits per heavy atom. The number of nitrogens with zero attached hydrogens (tertiary/aromatic N) is 3. The molecule has 0 unspecified atom stereocenters. The number of halogens is 1. The molecule has 0 bridgehead atoms. The number of likely N-dealkylation sites (tertiary alicyclic amines) is 2. The van der Waals surface area contributed by atoms with Gasteiger partial charge < -0.3 is 10.0 Å². The summed E-state index contributed by atoms with van der Waals surface area (Å²) in [5.74, 6) is -0.610. The van der Waals surface area contributed by atoms with E-state index in [0.717, 1.165) is 64.0 Å². The molecule has 0 atom stereocenters. The highest BCUT2D eigenvalue weighted by molar-refractivity contribution is 5.94. The zero-order valence-corrected chi connectivity index (χ0v) is 17.5. The number of hydrogen-bond acceptors (Lipinski definition) is 4. The van der Waals surface area contributed by atoms with E-state index in [9.17, 15) is 9.59 Å². The van der Waals surface area contributed by atoms with Crippen molar-refractivity contribution in [3.8, 4) is 0 Å². The van der Waals surface area contributed by atoms with E-state index < -0.39 is 5.97 Å². The number of likely N-dealkylation sites (N-methyl/N-ethyl adjacent to an activating group) is 1. The molecule has 3 rings (SSSR count). The molecule has 6 nitrogen and oxygen atoms in total. The summed E-state index contributed by atoms with van der Waals surface area (Å²) in [4.78, 5) is 29.9. The quantitative estimate of drug-likeness (QED) is 0.782. The van der Waals surface area contributed by atoms with Crippen LogP contribution in [0.5, 0.6) is 0 Å². The second-order valence-corrected chi connectivity index (χ2v) is 7.87. The average Bonchev–Trinajstić information content (AvgIpc) is 2.68. The number of rotatable bonds is 6. The first kappa shape index (κ1) is 22.7. The Morgan fingerprint density at radius 2 is 1.79 bits per heavy atom. The van der Waals surface area contributed by atoms with Gasteiger partial charge in [0.15, 0.2) is 0 Å². The normalized spacial score (nSPS) is 18.7. The third-order valence-corrected chi connectivity index (χ3v) is 5.79. The van der Waals surface area contributed by atoms with Crippen LogP contribution in [-0.4, -0.2) is 77.5 Å². The fraction of sp³-hybridized carbons (Fsp3) is 0.619. The summed E-state index contributed by atoms with van der Waals surface area (Å²) in [7, 11) is 1.89. The predicted molar refractivity (Wildman–Crippen MR) is 112 cm³/mol. The van der Waals surface area contributed by atoms with Crippen LogP contribution in [0.2, 0.25) is 0 Å². The first-order valence-corrected chi connectivity index (χ1v) is 10.1. The van der Waals surface area contributed by atoms with Crippen LogP contribution in [0.3, 0.4) is 0 Å². The molecule has 0 radical (unpaired) electrons. The Balaban J connectivity index is 0.00000280. The molecule has 2 aliphatic rings. The van der Waals surface area contributed by atoms with Gasteiger partial charge in [0, 0.05) is 31.2 Å². The summed E-state index contributed by atoms with van der Waals surface area (Å²) in [6, 6.07) is 8.38. The number of piperidine rings is 2. The minimum Gasteiger partial charge on any atom is -0.480 e. The molecule has 1 aromatic carbocycles. The zero-order chi connectivity index (χ0) is 19.2. The van der Waals surface area contributed by atoms with E-state index in [0.29, 0.717) is 6.04 Å². The Labute approximate surface area is 173 Å². The molecule has 0 aromatic heterocycles. The van der Waals surface area contributed by atoms with E-state index >= 15 is 0 Å². The standard InChI is InChI=1S/C21H31N3O3.ClH/c1-22(16-20(25)26)19-8-12-23(13-9-19)15-17-6-5-7-18(14-17)21(27)24-10-3-2-4-11-24;/h5-7,14,19H,2-4,8-13,15-16H2,1H3,(H,25,26);1H. The lowest BCUT2D eigenvalue weighted by Crippen LogP contribution is -2.44. The molecule has 2 saturated heterocycles. The molecule has 0 saturated carbocycles. The highest BCUT2D eigenvalue weighted by Crippen LogP contribution is 2.19. The van der Waals surface area contributed by atoms with Crippen LogP contribution < -0.4 is 0 Å². The van der Waals surface area contributed by atoms with Gasteiger partial charge in [0.25, 0.3) is 5.91 Å². The summed E-state index contributed by atoms with van der Waals surface area (Å²) >= 11 is 0. The average molecular weight is 410 g/mol. The van der Waals surface area contributed by atoms with Gasteiger partial charge >= 0.3 is 5.97 Å². The molecule has 0 aliphatic carbocycles. The molecule has 2 heterocycles. The van der Waals surface area contributed by atoms with Gasteiger partial charge in [0.05, 0.1) is 6.54 Å². The number of aliphatic carboxylic acids is 1. The summed E-state index contributed by atoms with van der Waals surface area (Å²) < 4.78 is 0. The van der Waals surface area contributed by atoms with E-state index in [1.165, 1.54) is 12.0 Å². The maximum atomic E-state index is 12.7. The van der Waals surface area contributed by atoms with Gasteiger partial charge in [-0.15, -0.1) is 12.4 Å². The molecule has 1 N–H and O–H groups in total. The lowest BCUT2D eigenvalue weighted by molar-refractivity contribution is -0.138. The molecule has 1 aromatic rings. The van der Waals surface area contributed by atoms with Gasteiger partial charge in [-0.3, -0.25) is 19.4 Å². The predicted octanol–water partition coefficient (Wildman–Crippen LogP) is 2.72. The van der Waals surface area contributed by atoms with Gasteiger partial charge in [-0.1, -0.05) is 12.1 Å². The van der Waals surface area contributed by atoms with Crippen molar-refractivity contribution in [1.82, 2.24) is 14.7 Å². The van der Waals surface area contributed by atoms with Crippen LogP contribution in [-0.2, 0) is 11.3 Å². The van der Waals surface area contributed by atoms with E-state index in [1.54, 1.807) is 0 Å². The lowest BCUT2D eigenvalue weighted by Gasteiger charge is -2.36. The number of carbonyl (C=O) groups excluding carboxylic acids is 1. The Hall–Kier alpha value is -1.63. The van der Waals surface area contributed by atoms with Gasteiger partial charge in [-0.25, -0.2) is 0 Å². The van der Waals surface area contributed by atoms with Gasteiger partial charge in [0.2, 0.25) is 0 Å². The number of carbonyl (C=O) groups is 2. The van der Waals surface area contributed by atoms with Crippen LogP contribution in [0.4, 0.5) is 0 Å². The van der Waals surface area contributed by atoms with E-state index in [-0.39, 0.29) is 24.9 Å². The van der Waals surface area contributed by atoms with Crippen LogP contribution in [0.1, 0.15) is 48.0 Å². The molecule has 156 valence electrons. The van der Waals surface area contributed by atoms with Crippen LogP contribution >= 0.6 is 12.4 Å². The number of benzene rings is 1. The van der Waals surface area contributed by atoms with Crippen molar-refractivity contribution in [3.05, 3.63) is 35.4 Å². The molecule has 28 heavy (non-hydrogen) atoms. The van der Waals surface area contributed by atoms with Crippen molar-refractivity contribution < 1.29 is 14.7 Å². The number of amides is 1. The van der Waals surface area contributed by atoms with Crippen LogP contribution in [0, 0.1) is 0 Å². The van der Waals surface area contributed by atoms with Gasteiger partial charge in [0.1, 0.15) is 0 Å². The first-order chi connectivity index (χ1) is 13.0. The molecular formula is C21H32ClN3O3. The van der Waals surface area contributed by atoms with E-state index in [4.69, 9.17) is 5.11 Å². The highest BCUT2D eigenvalue weighted by atomic mass is 35.5. The Kier molecular flexibility index (Phi) is 8.73. The molecular weight excluding hydrogens is 378 g/mol.